The number of rotatable bonds is 5. The van der Waals surface area contributed by atoms with Crippen LogP contribution in [0.15, 0.2) is 97.1 Å². The van der Waals surface area contributed by atoms with Crippen molar-refractivity contribution in [1.82, 2.24) is 0 Å². The van der Waals surface area contributed by atoms with Gasteiger partial charge < -0.3 is 5.32 Å². The fourth-order valence-electron chi connectivity index (χ4n) is 4.18. The Morgan fingerprint density at radius 1 is 0.724 bits per heavy atom. The van der Waals surface area contributed by atoms with E-state index in [0.717, 1.165) is 11.3 Å². The molecule has 2 atom stereocenters. The molecule has 0 spiro atoms. The van der Waals surface area contributed by atoms with Crippen molar-refractivity contribution in [1.29, 1.82) is 0 Å². The Morgan fingerprint density at radius 2 is 1.38 bits per heavy atom. The van der Waals surface area contributed by atoms with Crippen LogP contribution < -0.4 is 5.32 Å². The number of carbonyl (C=O) groups excluding carboxylic acids is 1. The van der Waals surface area contributed by atoms with Gasteiger partial charge in [0.2, 0.25) is 5.91 Å². The van der Waals surface area contributed by atoms with Crippen LogP contribution in [0.1, 0.15) is 34.9 Å². The second-order valence-electron chi connectivity index (χ2n) is 7.89. The van der Waals surface area contributed by atoms with Crippen molar-refractivity contribution in [3.05, 3.63) is 114 Å². The summed E-state index contributed by atoms with van der Waals surface area (Å²) >= 11 is 0. The van der Waals surface area contributed by atoms with E-state index in [2.05, 4.69) is 72.0 Å². The summed E-state index contributed by atoms with van der Waals surface area (Å²) in [5, 5.41) is 5.39. The summed E-state index contributed by atoms with van der Waals surface area (Å²) in [4.78, 5) is 12.5. The lowest BCUT2D eigenvalue weighted by Gasteiger charge is -2.08. The fraction of sp³-hybridized carbons (Fsp3) is 0.148. The van der Waals surface area contributed by atoms with Crippen molar-refractivity contribution in [3.8, 4) is 0 Å². The molecule has 4 aromatic carbocycles. The van der Waals surface area contributed by atoms with Crippen LogP contribution in [0, 0.1) is 0 Å². The molecule has 1 saturated carbocycles. The number of hydrogen-bond acceptors (Lipinski definition) is 1. The molecule has 1 fully saturated rings. The molecule has 0 saturated heterocycles. The number of amides is 1. The Labute approximate surface area is 171 Å². The molecule has 0 unspecified atom stereocenters. The second kappa shape index (κ2) is 7.56. The van der Waals surface area contributed by atoms with Crippen LogP contribution in [-0.2, 0) is 11.2 Å². The van der Waals surface area contributed by atoms with E-state index in [0.29, 0.717) is 18.3 Å². The van der Waals surface area contributed by atoms with E-state index < -0.39 is 0 Å². The highest BCUT2D eigenvalue weighted by Crippen LogP contribution is 2.54. The third kappa shape index (κ3) is 3.93. The van der Waals surface area contributed by atoms with Gasteiger partial charge in [0.15, 0.2) is 0 Å². The molecule has 0 radical (unpaired) electrons. The summed E-state index contributed by atoms with van der Waals surface area (Å²) in [5.74, 6) is 1.24. The van der Waals surface area contributed by atoms with E-state index >= 15 is 0 Å². The maximum absolute atomic E-state index is 12.5. The lowest BCUT2D eigenvalue weighted by Crippen LogP contribution is -2.14. The first-order chi connectivity index (χ1) is 14.3. The topological polar surface area (TPSA) is 29.1 Å². The molecule has 0 aliphatic heterocycles. The molecule has 0 bridgehead atoms. The number of benzene rings is 4. The summed E-state index contributed by atoms with van der Waals surface area (Å²) in [6, 6.07) is 33.5. The molecule has 0 heterocycles. The standard InChI is InChI=1S/C27H23NO/c29-27(17-19-10-11-20-6-4-5-9-23(20)16-19)28-24-14-12-22(13-15-24)26-18-25(26)21-7-2-1-3-8-21/h1-16,25-26H,17-18H2,(H,28,29)/t25-,26+/m1/s1. The molecule has 142 valence electrons. The van der Waals surface area contributed by atoms with Crippen LogP contribution in [-0.4, -0.2) is 5.91 Å². The van der Waals surface area contributed by atoms with Crippen molar-refractivity contribution in [3.63, 3.8) is 0 Å². The number of hydrogen-bond donors (Lipinski definition) is 1. The SMILES string of the molecule is O=C(Cc1ccc2ccccc2c1)Nc1ccc([C@@H]2C[C@@H]2c2ccccc2)cc1. The Hall–Kier alpha value is -3.39. The molecule has 2 nitrogen and oxygen atoms in total. The number of carbonyl (C=O) groups is 1. The average molecular weight is 377 g/mol. The maximum Gasteiger partial charge on any atom is 0.228 e. The van der Waals surface area contributed by atoms with Crippen LogP contribution in [0.25, 0.3) is 10.8 Å². The molecule has 1 aliphatic rings. The van der Waals surface area contributed by atoms with E-state index in [-0.39, 0.29) is 5.91 Å². The van der Waals surface area contributed by atoms with Gasteiger partial charge in [0.05, 0.1) is 6.42 Å². The molecular weight excluding hydrogens is 354 g/mol. The zero-order valence-electron chi connectivity index (χ0n) is 16.2. The van der Waals surface area contributed by atoms with E-state index in [4.69, 9.17) is 0 Å². The van der Waals surface area contributed by atoms with Crippen LogP contribution >= 0.6 is 0 Å². The molecule has 5 rings (SSSR count). The first-order valence-electron chi connectivity index (χ1n) is 10.2. The van der Waals surface area contributed by atoms with Crippen LogP contribution in [0.5, 0.6) is 0 Å². The Bertz CT molecular complexity index is 1150. The minimum atomic E-state index is 0.0154. The molecule has 0 aromatic heterocycles. The third-order valence-corrected chi connectivity index (χ3v) is 5.82. The van der Waals surface area contributed by atoms with E-state index in [1.165, 1.54) is 28.3 Å². The summed E-state index contributed by atoms with van der Waals surface area (Å²) < 4.78 is 0. The van der Waals surface area contributed by atoms with Gasteiger partial charge in [0, 0.05) is 5.69 Å². The van der Waals surface area contributed by atoms with Crippen molar-refractivity contribution in [2.45, 2.75) is 24.7 Å². The van der Waals surface area contributed by atoms with Crippen molar-refractivity contribution < 1.29 is 4.79 Å². The number of nitrogens with one attached hydrogen (secondary N) is 1. The van der Waals surface area contributed by atoms with Crippen LogP contribution in [0.3, 0.4) is 0 Å². The van der Waals surface area contributed by atoms with Crippen molar-refractivity contribution >= 4 is 22.4 Å². The highest BCUT2D eigenvalue weighted by Gasteiger charge is 2.39. The Morgan fingerprint density at radius 3 is 2.14 bits per heavy atom. The minimum Gasteiger partial charge on any atom is -0.326 e. The zero-order chi connectivity index (χ0) is 19.6. The van der Waals surface area contributed by atoms with Gasteiger partial charge in [-0.25, -0.2) is 0 Å². The van der Waals surface area contributed by atoms with E-state index in [1.807, 2.05) is 30.3 Å². The lowest BCUT2D eigenvalue weighted by molar-refractivity contribution is -0.115. The third-order valence-electron chi connectivity index (χ3n) is 5.82. The minimum absolute atomic E-state index is 0.0154. The number of anilines is 1. The van der Waals surface area contributed by atoms with Gasteiger partial charge >= 0.3 is 0 Å². The molecule has 1 N–H and O–H groups in total. The van der Waals surface area contributed by atoms with Crippen LogP contribution in [0.2, 0.25) is 0 Å². The van der Waals surface area contributed by atoms with Crippen molar-refractivity contribution in [2.75, 3.05) is 5.32 Å². The zero-order valence-corrected chi connectivity index (χ0v) is 16.2. The monoisotopic (exact) mass is 377 g/mol. The first kappa shape index (κ1) is 17.7. The summed E-state index contributed by atoms with van der Waals surface area (Å²) in [6.45, 7) is 0. The maximum atomic E-state index is 12.5. The molecule has 2 heteroatoms. The van der Waals surface area contributed by atoms with Gasteiger partial charge in [-0.15, -0.1) is 0 Å². The highest BCUT2D eigenvalue weighted by atomic mass is 16.1. The van der Waals surface area contributed by atoms with Crippen molar-refractivity contribution in [2.24, 2.45) is 0 Å². The normalized spacial score (nSPS) is 17.8. The predicted octanol–water partition coefficient (Wildman–Crippen LogP) is 6.29. The quantitative estimate of drug-likeness (QED) is 0.435. The summed E-state index contributed by atoms with van der Waals surface area (Å²) in [6.07, 6.45) is 1.59. The molecule has 1 amide bonds. The molecule has 4 aromatic rings. The molecule has 1 aliphatic carbocycles. The second-order valence-corrected chi connectivity index (χ2v) is 7.89. The van der Waals surface area contributed by atoms with Gasteiger partial charge in [-0.2, -0.15) is 0 Å². The predicted molar refractivity (Wildman–Crippen MR) is 119 cm³/mol. The van der Waals surface area contributed by atoms with Crippen LogP contribution in [0.4, 0.5) is 5.69 Å². The Kier molecular flexibility index (Phi) is 4.61. The average Bonchev–Trinajstić information content (AvgIpc) is 3.56. The summed E-state index contributed by atoms with van der Waals surface area (Å²) in [5.41, 5.74) is 4.66. The van der Waals surface area contributed by atoms with Gasteiger partial charge in [-0.1, -0.05) is 84.9 Å². The van der Waals surface area contributed by atoms with E-state index in [9.17, 15) is 4.79 Å². The van der Waals surface area contributed by atoms with E-state index in [1.54, 1.807) is 0 Å². The molecular formula is C27H23NO. The van der Waals surface area contributed by atoms with Gasteiger partial charge in [0.25, 0.3) is 0 Å². The lowest BCUT2D eigenvalue weighted by atomic mass is 10.0. The largest absolute Gasteiger partial charge is 0.326 e. The first-order valence-corrected chi connectivity index (χ1v) is 10.2. The van der Waals surface area contributed by atoms with Gasteiger partial charge in [-0.3, -0.25) is 4.79 Å². The molecule has 29 heavy (non-hydrogen) atoms. The highest BCUT2D eigenvalue weighted by molar-refractivity contribution is 5.93. The number of fused-ring (bicyclic) bond motifs is 1. The summed E-state index contributed by atoms with van der Waals surface area (Å²) in [7, 11) is 0. The smallest absolute Gasteiger partial charge is 0.228 e. The Balaban J connectivity index is 1.21. The van der Waals surface area contributed by atoms with Gasteiger partial charge in [0.1, 0.15) is 0 Å². The fourth-order valence-corrected chi connectivity index (χ4v) is 4.18. The van der Waals surface area contributed by atoms with Gasteiger partial charge in [-0.05, 0) is 57.9 Å².